The van der Waals surface area contributed by atoms with Crippen LogP contribution in [0.1, 0.15) is 42.9 Å². The maximum absolute atomic E-state index is 12.8. The lowest BCUT2D eigenvalue weighted by Gasteiger charge is -2.19. The molecule has 2 N–H and O–H groups in total. The molecule has 4 aromatic rings. The van der Waals surface area contributed by atoms with Crippen LogP contribution in [0.5, 0.6) is 0 Å². The minimum atomic E-state index is -0.133. The predicted octanol–water partition coefficient (Wildman–Crippen LogP) is 4.17. The van der Waals surface area contributed by atoms with E-state index in [0.717, 1.165) is 53.1 Å². The van der Waals surface area contributed by atoms with Gasteiger partial charge in [-0.2, -0.15) is 5.10 Å². The van der Waals surface area contributed by atoms with E-state index in [9.17, 15) is 4.79 Å². The number of H-pyrrole nitrogens is 1. The van der Waals surface area contributed by atoms with Crippen LogP contribution in [0.15, 0.2) is 42.6 Å². The molecular weight excluding hydrogens is 376 g/mol. The van der Waals surface area contributed by atoms with Gasteiger partial charge >= 0.3 is 0 Å². The molecule has 0 bridgehead atoms. The largest absolute Gasteiger partial charge is 0.341 e. The Kier molecular flexibility index (Phi) is 4.75. The summed E-state index contributed by atoms with van der Waals surface area (Å²) in [7, 11) is 0. The van der Waals surface area contributed by atoms with Gasteiger partial charge < -0.3 is 10.3 Å². The number of aromatic amines is 1. The minimum absolute atomic E-state index is 0.133. The van der Waals surface area contributed by atoms with E-state index in [1.807, 2.05) is 41.1 Å². The number of carbonyl (C=O) groups excluding carboxylic acids is 1. The SMILES string of the molecule is CCn1ncc2cc(C(=O)Nc3ccc4nc(CN5CCC[C@@H]5C)[nH]c4c3)ccc21. The number of nitrogens with one attached hydrogen (secondary N) is 2. The third-order valence-electron chi connectivity index (χ3n) is 6.04. The highest BCUT2D eigenvalue weighted by atomic mass is 16.1. The molecule has 1 aliphatic rings. The van der Waals surface area contributed by atoms with Gasteiger partial charge in [-0.15, -0.1) is 0 Å². The van der Waals surface area contributed by atoms with Crippen LogP contribution in [0.4, 0.5) is 5.69 Å². The third kappa shape index (κ3) is 3.45. The first kappa shape index (κ1) is 18.8. The minimum Gasteiger partial charge on any atom is -0.341 e. The Bertz CT molecular complexity index is 1220. The average Bonchev–Trinajstić information content (AvgIpc) is 3.45. The first-order chi connectivity index (χ1) is 14.6. The number of benzene rings is 2. The van der Waals surface area contributed by atoms with Crippen molar-refractivity contribution in [3.63, 3.8) is 0 Å². The van der Waals surface area contributed by atoms with Crippen molar-refractivity contribution in [3.05, 3.63) is 54.0 Å². The second-order valence-electron chi connectivity index (χ2n) is 8.07. The fourth-order valence-corrected chi connectivity index (χ4v) is 4.32. The first-order valence-corrected chi connectivity index (χ1v) is 10.6. The van der Waals surface area contributed by atoms with Crippen LogP contribution < -0.4 is 5.32 Å². The number of rotatable bonds is 5. The van der Waals surface area contributed by atoms with Gasteiger partial charge in [-0.05, 0) is 69.6 Å². The molecule has 1 amide bonds. The summed E-state index contributed by atoms with van der Waals surface area (Å²) in [4.78, 5) is 23.4. The maximum Gasteiger partial charge on any atom is 0.255 e. The standard InChI is InChI=1S/C23H26N6O/c1-3-29-21-9-6-16(11-17(21)13-24-29)23(30)25-18-7-8-19-20(12-18)27-22(26-19)14-28-10-4-5-15(28)2/h6-9,11-13,15H,3-5,10,14H2,1-2H3,(H,25,30)(H,26,27)/t15-/m0/s1. The van der Waals surface area contributed by atoms with Crippen molar-refractivity contribution in [3.8, 4) is 0 Å². The van der Waals surface area contributed by atoms with Gasteiger partial charge in [0.25, 0.3) is 5.91 Å². The van der Waals surface area contributed by atoms with Crippen molar-refractivity contribution >= 4 is 33.5 Å². The predicted molar refractivity (Wildman–Crippen MR) is 119 cm³/mol. The van der Waals surface area contributed by atoms with E-state index >= 15 is 0 Å². The van der Waals surface area contributed by atoms with Gasteiger partial charge in [-0.1, -0.05) is 0 Å². The summed E-state index contributed by atoms with van der Waals surface area (Å²) in [6.45, 7) is 7.09. The molecule has 5 rings (SSSR count). The van der Waals surface area contributed by atoms with E-state index in [4.69, 9.17) is 4.98 Å². The molecule has 154 valence electrons. The number of nitrogens with zero attached hydrogens (tertiary/aromatic N) is 4. The van der Waals surface area contributed by atoms with Gasteiger partial charge in [0.15, 0.2) is 0 Å². The lowest BCUT2D eigenvalue weighted by atomic mass is 10.1. The smallest absolute Gasteiger partial charge is 0.255 e. The van der Waals surface area contributed by atoms with Crippen molar-refractivity contribution in [1.29, 1.82) is 0 Å². The van der Waals surface area contributed by atoms with Crippen LogP contribution in [-0.4, -0.2) is 43.1 Å². The second kappa shape index (κ2) is 7.57. The number of hydrogen-bond donors (Lipinski definition) is 2. The first-order valence-electron chi connectivity index (χ1n) is 10.6. The van der Waals surface area contributed by atoms with E-state index in [1.165, 1.54) is 12.8 Å². The summed E-state index contributed by atoms with van der Waals surface area (Å²) >= 11 is 0. The monoisotopic (exact) mass is 402 g/mol. The summed E-state index contributed by atoms with van der Waals surface area (Å²) < 4.78 is 1.92. The molecule has 30 heavy (non-hydrogen) atoms. The topological polar surface area (TPSA) is 78.8 Å². The maximum atomic E-state index is 12.8. The summed E-state index contributed by atoms with van der Waals surface area (Å²) in [5, 5.41) is 8.31. The van der Waals surface area contributed by atoms with Gasteiger partial charge in [0, 0.05) is 29.2 Å². The number of carbonyl (C=O) groups is 1. The van der Waals surface area contributed by atoms with Crippen LogP contribution in [0.3, 0.4) is 0 Å². The Labute approximate surface area is 175 Å². The molecule has 1 atom stereocenters. The van der Waals surface area contributed by atoms with Gasteiger partial charge in [0.1, 0.15) is 5.82 Å². The molecule has 2 aromatic carbocycles. The van der Waals surface area contributed by atoms with Gasteiger partial charge in [0.2, 0.25) is 0 Å². The molecule has 1 saturated heterocycles. The van der Waals surface area contributed by atoms with Crippen molar-refractivity contribution < 1.29 is 4.79 Å². The van der Waals surface area contributed by atoms with Crippen LogP contribution in [-0.2, 0) is 13.1 Å². The van der Waals surface area contributed by atoms with Crippen LogP contribution in [0.25, 0.3) is 21.9 Å². The average molecular weight is 403 g/mol. The molecule has 3 heterocycles. The second-order valence-corrected chi connectivity index (χ2v) is 8.07. The highest BCUT2D eigenvalue weighted by Crippen LogP contribution is 2.22. The lowest BCUT2D eigenvalue weighted by Crippen LogP contribution is -2.26. The number of aryl methyl sites for hydroxylation is 1. The molecule has 1 aliphatic heterocycles. The van der Waals surface area contributed by atoms with Gasteiger partial charge in [-0.25, -0.2) is 4.98 Å². The van der Waals surface area contributed by atoms with Crippen LogP contribution in [0, 0.1) is 0 Å². The summed E-state index contributed by atoms with van der Waals surface area (Å²) in [6, 6.07) is 12.1. The molecular formula is C23H26N6O. The van der Waals surface area contributed by atoms with E-state index in [1.54, 1.807) is 6.20 Å². The molecule has 7 heteroatoms. The zero-order valence-electron chi connectivity index (χ0n) is 17.4. The summed E-state index contributed by atoms with van der Waals surface area (Å²) in [5.41, 5.74) is 4.26. The van der Waals surface area contributed by atoms with Crippen molar-refractivity contribution in [2.45, 2.75) is 45.8 Å². The van der Waals surface area contributed by atoms with Crippen molar-refractivity contribution in [2.75, 3.05) is 11.9 Å². The van der Waals surface area contributed by atoms with E-state index in [0.29, 0.717) is 11.6 Å². The molecule has 0 unspecified atom stereocenters. The quantitative estimate of drug-likeness (QED) is 0.525. The Hall–Kier alpha value is -3.19. The normalized spacial score (nSPS) is 17.2. The summed E-state index contributed by atoms with van der Waals surface area (Å²) in [6.07, 6.45) is 4.30. The molecule has 0 radical (unpaired) electrons. The fourth-order valence-electron chi connectivity index (χ4n) is 4.32. The Morgan fingerprint density at radius 1 is 1.27 bits per heavy atom. The number of fused-ring (bicyclic) bond motifs is 2. The zero-order chi connectivity index (χ0) is 20.7. The molecule has 1 fully saturated rings. The number of likely N-dealkylation sites (tertiary alicyclic amines) is 1. The Morgan fingerprint density at radius 2 is 2.17 bits per heavy atom. The van der Waals surface area contributed by atoms with Crippen LogP contribution >= 0.6 is 0 Å². The number of imidazole rings is 1. The van der Waals surface area contributed by atoms with Gasteiger partial charge in [-0.3, -0.25) is 14.4 Å². The number of hydrogen-bond acceptors (Lipinski definition) is 4. The zero-order valence-corrected chi connectivity index (χ0v) is 17.4. The van der Waals surface area contributed by atoms with E-state index < -0.39 is 0 Å². The Balaban J connectivity index is 1.33. The molecule has 0 spiro atoms. The number of aromatic nitrogens is 4. The van der Waals surface area contributed by atoms with E-state index in [-0.39, 0.29) is 5.91 Å². The van der Waals surface area contributed by atoms with E-state index in [2.05, 4.69) is 34.1 Å². The molecule has 2 aromatic heterocycles. The number of anilines is 1. The lowest BCUT2D eigenvalue weighted by molar-refractivity contribution is 0.102. The Morgan fingerprint density at radius 3 is 2.97 bits per heavy atom. The fraction of sp³-hybridized carbons (Fsp3) is 0.348. The molecule has 0 aliphatic carbocycles. The van der Waals surface area contributed by atoms with Crippen molar-refractivity contribution in [2.24, 2.45) is 0 Å². The molecule has 0 saturated carbocycles. The van der Waals surface area contributed by atoms with Gasteiger partial charge in [0.05, 0.1) is 29.3 Å². The van der Waals surface area contributed by atoms with Crippen molar-refractivity contribution in [1.82, 2.24) is 24.6 Å². The summed E-state index contributed by atoms with van der Waals surface area (Å²) in [5.74, 6) is 0.840. The third-order valence-corrected chi connectivity index (χ3v) is 6.04. The number of amides is 1. The van der Waals surface area contributed by atoms with Crippen LogP contribution in [0.2, 0.25) is 0 Å². The highest BCUT2D eigenvalue weighted by molar-refractivity contribution is 6.06. The molecule has 7 nitrogen and oxygen atoms in total. The highest BCUT2D eigenvalue weighted by Gasteiger charge is 2.21.